The Morgan fingerprint density at radius 3 is 2.68 bits per heavy atom. The zero-order valence-corrected chi connectivity index (χ0v) is 11.0. The minimum atomic E-state index is -3.14. The van der Waals surface area contributed by atoms with Crippen LogP contribution < -0.4 is 0 Å². The van der Waals surface area contributed by atoms with Crippen LogP contribution in [-0.4, -0.2) is 45.2 Å². The van der Waals surface area contributed by atoms with Crippen LogP contribution >= 0.6 is 0 Å². The van der Waals surface area contributed by atoms with Crippen LogP contribution in [0.5, 0.6) is 0 Å². The van der Waals surface area contributed by atoms with Crippen LogP contribution in [0.4, 0.5) is 0 Å². The predicted octanol–water partition coefficient (Wildman–Crippen LogP) is 0.198. The molecule has 0 aliphatic carbocycles. The molecule has 0 bridgehead atoms. The van der Waals surface area contributed by atoms with Gasteiger partial charge in [0.15, 0.2) is 5.82 Å². The van der Waals surface area contributed by atoms with Crippen molar-refractivity contribution in [3.63, 3.8) is 0 Å². The van der Waals surface area contributed by atoms with Gasteiger partial charge in [-0.2, -0.15) is 8.99 Å². The molecule has 0 amide bonds. The summed E-state index contributed by atoms with van der Waals surface area (Å²) in [5, 5.41) is 11.5. The van der Waals surface area contributed by atoms with Crippen molar-refractivity contribution in [3.8, 4) is 5.69 Å². The number of benzene rings is 1. The first-order valence-corrected chi connectivity index (χ1v) is 7.58. The molecule has 0 atom stereocenters. The second kappa shape index (κ2) is 4.71. The SMILES string of the molecule is O=S1(=O)CCCN1Cc1nnnn1-c1ccccc1. The van der Waals surface area contributed by atoms with Crippen molar-refractivity contribution >= 4 is 10.0 Å². The van der Waals surface area contributed by atoms with Crippen molar-refractivity contribution in [2.24, 2.45) is 0 Å². The van der Waals surface area contributed by atoms with Gasteiger partial charge in [0.25, 0.3) is 0 Å². The van der Waals surface area contributed by atoms with Gasteiger partial charge in [-0.05, 0) is 29.0 Å². The zero-order chi connectivity index (χ0) is 13.3. The summed E-state index contributed by atoms with van der Waals surface area (Å²) >= 11 is 0. The molecule has 1 saturated heterocycles. The summed E-state index contributed by atoms with van der Waals surface area (Å²) in [5.41, 5.74) is 0.819. The third-order valence-electron chi connectivity index (χ3n) is 3.06. The summed E-state index contributed by atoms with van der Waals surface area (Å²) < 4.78 is 26.6. The van der Waals surface area contributed by atoms with Crippen LogP contribution in [-0.2, 0) is 16.6 Å². The fraction of sp³-hybridized carbons (Fsp3) is 0.364. The topological polar surface area (TPSA) is 81.0 Å². The molecule has 0 spiro atoms. The fourth-order valence-electron chi connectivity index (χ4n) is 2.10. The predicted molar refractivity (Wildman–Crippen MR) is 68.0 cm³/mol. The molecule has 0 radical (unpaired) electrons. The number of sulfonamides is 1. The number of aromatic nitrogens is 4. The van der Waals surface area contributed by atoms with E-state index in [1.54, 1.807) is 4.68 Å². The van der Waals surface area contributed by atoms with E-state index in [4.69, 9.17) is 0 Å². The van der Waals surface area contributed by atoms with Crippen molar-refractivity contribution in [2.75, 3.05) is 12.3 Å². The lowest BCUT2D eigenvalue weighted by molar-refractivity contribution is 0.424. The van der Waals surface area contributed by atoms with Crippen LogP contribution in [0.15, 0.2) is 30.3 Å². The highest BCUT2D eigenvalue weighted by Crippen LogP contribution is 2.17. The fourth-order valence-corrected chi connectivity index (χ4v) is 3.57. The van der Waals surface area contributed by atoms with E-state index in [2.05, 4.69) is 15.5 Å². The molecule has 1 aliphatic rings. The van der Waals surface area contributed by atoms with E-state index in [9.17, 15) is 8.42 Å². The van der Waals surface area contributed by atoms with E-state index in [0.717, 1.165) is 5.69 Å². The largest absolute Gasteiger partial charge is 0.214 e. The summed E-state index contributed by atoms with van der Waals surface area (Å²) in [6, 6.07) is 9.41. The lowest BCUT2D eigenvalue weighted by Gasteiger charge is -2.13. The number of nitrogens with zero attached hydrogens (tertiary/aromatic N) is 5. The third-order valence-corrected chi connectivity index (χ3v) is 4.96. The molecule has 2 aromatic rings. The molecule has 2 heterocycles. The maximum Gasteiger partial charge on any atom is 0.214 e. The average Bonchev–Trinajstić information content (AvgIpc) is 2.99. The molecule has 0 saturated carbocycles. The lowest BCUT2D eigenvalue weighted by Crippen LogP contribution is -2.26. The van der Waals surface area contributed by atoms with Gasteiger partial charge in [-0.25, -0.2) is 8.42 Å². The summed E-state index contributed by atoms with van der Waals surface area (Å²) in [4.78, 5) is 0. The van der Waals surface area contributed by atoms with E-state index in [1.807, 2.05) is 30.3 Å². The molecule has 0 unspecified atom stereocenters. The van der Waals surface area contributed by atoms with Crippen molar-refractivity contribution < 1.29 is 8.42 Å². The standard InChI is InChI=1S/C11H13N5O2S/c17-19(18)8-4-7-15(19)9-11-12-13-14-16(11)10-5-2-1-3-6-10/h1-3,5-6H,4,7-9H2. The summed E-state index contributed by atoms with van der Waals surface area (Å²) in [7, 11) is -3.14. The molecule has 3 rings (SSSR count). The number of para-hydroxylation sites is 1. The molecule has 1 fully saturated rings. The van der Waals surface area contributed by atoms with Crippen LogP contribution in [0, 0.1) is 0 Å². The molecular formula is C11H13N5O2S. The van der Waals surface area contributed by atoms with Crippen molar-refractivity contribution in [1.82, 2.24) is 24.5 Å². The molecule has 1 aromatic carbocycles. The second-order valence-corrected chi connectivity index (χ2v) is 6.43. The van der Waals surface area contributed by atoms with Gasteiger partial charge in [0.05, 0.1) is 18.0 Å². The highest BCUT2D eigenvalue weighted by atomic mass is 32.2. The first-order chi connectivity index (χ1) is 9.17. The van der Waals surface area contributed by atoms with E-state index < -0.39 is 10.0 Å². The van der Waals surface area contributed by atoms with Gasteiger partial charge in [0.1, 0.15) is 0 Å². The number of hydrogen-bond acceptors (Lipinski definition) is 5. The Morgan fingerprint density at radius 2 is 2.00 bits per heavy atom. The van der Waals surface area contributed by atoms with E-state index >= 15 is 0 Å². The first-order valence-electron chi connectivity index (χ1n) is 5.97. The Labute approximate surface area is 110 Å². The van der Waals surface area contributed by atoms with Crippen LogP contribution in [0.25, 0.3) is 5.69 Å². The van der Waals surface area contributed by atoms with Gasteiger partial charge < -0.3 is 0 Å². The Balaban J connectivity index is 1.90. The Bertz CT molecular complexity index is 667. The molecule has 0 N–H and O–H groups in total. The lowest BCUT2D eigenvalue weighted by atomic mass is 10.3. The van der Waals surface area contributed by atoms with Crippen molar-refractivity contribution in [3.05, 3.63) is 36.2 Å². The van der Waals surface area contributed by atoms with Gasteiger partial charge in [-0.3, -0.25) is 0 Å². The molecule has 1 aromatic heterocycles. The third kappa shape index (κ3) is 2.36. The molecule has 1 aliphatic heterocycles. The van der Waals surface area contributed by atoms with Gasteiger partial charge in [0.2, 0.25) is 10.0 Å². The summed E-state index contributed by atoms with van der Waals surface area (Å²) in [6.45, 7) is 0.744. The number of hydrogen-bond donors (Lipinski definition) is 0. The summed E-state index contributed by atoms with van der Waals surface area (Å²) in [5.74, 6) is 0.733. The smallest absolute Gasteiger partial charge is 0.212 e. The Kier molecular flexibility index (Phi) is 3.03. The van der Waals surface area contributed by atoms with Gasteiger partial charge in [-0.15, -0.1) is 5.10 Å². The second-order valence-electron chi connectivity index (χ2n) is 4.35. The Morgan fingerprint density at radius 1 is 1.21 bits per heavy atom. The van der Waals surface area contributed by atoms with E-state index in [0.29, 0.717) is 18.8 Å². The highest BCUT2D eigenvalue weighted by molar-refractivity contribution is 7.89. The van der Waals surface area contributed by atoms with E-state index in [1.165, 1.54) is 4.31 Å². The monoisotopic (exact) mass is 279 g/mol. The van der Waals surface area contributed by atoms with Crippen LogP contribution in [0.2, 0.25) is 0 Å². The van der Waals surface area contributed by atoms with Gasteiger partial charge >= 0.3 is 0 Å². The summed E-state index contributed by atoms with van der Waals surface area (Å²) in [6.07, 6.45) is 0.662. The molecule has 8 heteroatoms. The first kappa shape index (κ1) is 12.2. The number of tetrazole rings is 1. The van der Waals surface area contributed by atoms with Crippen molar-refractivity contribution in [1.29, 1.82) is 0 Å². The minimum Gasteiger partial charge on any atom is -0.212 e. The minimum absolute atomic E-state index is 0.208. The highest BCUT2D eigenvalue weighted by Gasteiger charge is 2.29. The Hall–Kier alpha value is -1.80. The normalized spacial score (nSPS) is 18.7. The van der Waals surface area contributed by atoms with Crippen LogP contribution in [0.3, 0.4) is 0 Å². The molecule has 100 valence electrons. The van der Waals surface area contributed by atoms with E-state index in [-0.39, 0.29) is 12.3 Å². The van der Waals surface area contributed by atoms with Crippen molar-refractivity contribution in [2.45, 2.75) is 13.0 Å². The van der Waals surface area contributed by atoms with Gasteiger partial charge in [-0.1, -0.05) is 18.2 Å². The maximum absolute atomic E-state index is 11.8. The quantitative estimate of drug-likeness (QED) is 0.801. The van der Waals surface area contributed by atoms with Gasteiger partial charge in [0, 0.05) is 6.54 Å². The molecular weight excluding hydrogens is 266 g/mol. The average molecular weight is 279 g/mol. The maximum atomic E-state index is 11.8. The molecule has 19 heavy (non-hydrogen) atoms. The molecule has 7 nitrogen and oxygen atoms in total. The number of rotatable bonds is 3. The van der Waals surface area contributed by atoms with Crippen LogP contribution in [0.1, 0.15) is 12.2 Å². The zero-order valence-electron chi connectivity index (χ0n) is 10.2.